The SMILES string of the molecule is COc1ccc(C(OCC(O)CCOCc2c3ccccc3cc3ccccc23)(c2ccccc2)c2ccc(OC)cc2)cc1. The van der Waals surface area contributed by atoms with Gasteiger partial charge >= 0.3 is 0 Å². The smallest absolute Gasteiger partial charge is 0.143 e. The van der Waals surface area contributed by atoms with Crippen LogP contribution in [0.3, 0.4) is 0 Å². The molecule has 5 heteroatoms. The Hall–Kier alpha value is -4.68. The fourth-order valence-electron chi connectivity index (χ4n) is 6.04. The van der Waals surface area contributed by atoms with Gasteiger partial charge < -0.3 is 24.1 Å². The van der Waals surface area contributed by atoms with Crippen molar-refractivity contribution in [3.05, 3.63) is 156 Å². The Morgan fingerprint density at radius 3 is 1.62 bits per heavy atom. The number of benzene rings is 6. The van der Waals surface area contributed by atoms with E-state index in [4.69, 9.17) is 18.9 Å². The highest BCUT2D eigenvalue weighted by Crippen LogP contribution is 2.42. The molecule has 1 unspecified atom stereocenters. The van der Waals surface area contributed by atoms with E-state index >= 15 is 0 Å². The number of fused-ring (bicyclic) bond motifs is 2. The van der Waals surface area contributed by atoms with E-state index in [1.54, 1.807) is 14.2 Å². The topological polar surface area (TPSA) is 57.2 Å². The summed E-state index contributed by atoms with van der Waals surface area (Å²) in [6.07, 6.45) is -0.312. The Morgan fingerprint density at radius 2 is 1.09 bits per heavy atom. The summed E-state index contributed by atoms with van der Waals surface area (Å²) in [7, 11) is 3.31. The minimum absolute atomic E-state index is 0.105. The first-order valence-corrected chi connectivity index (χ1v) is 15.3. The number of hydrogen-bond acceptors (Lipinski definition) is 5. The van der Waals surface area contributed by atoms with Crippen molar-refractivity contribution in [1.82, 2.24) is 0 Å². The van der Waals surface area contributed by atoms with Crippen LogP contribution in [0.5, 0.6) is 11.5 Å². The van der Waals surface area contributed by atoms with Crippen molar-refractivity contribution in [2.24, 2.45) is 0 Å². The second-order valence-electron chi connectivity index (χ2n) is 11.1. The molecule has 6 aromatic rings. The van der Waals surface area contributed by atoms with Crippen molar-refractivity contribution in [2.75, 3.05) is 27.4 Å². The van der Waals surface area contributed by atoms with Gasteiger partial charge in [-0.15, -0.1) is 0 Å². The maximum absolute atomic E-state index is 11.2. The van der Waals surface area contributed by atoms with Crippen LogP contribution < -0.4 is 9.47 Å². The number of ether oxygens (including phenoxy) is 4. The molecule has 0 aliphatic carbocycles. The second kappa shape index (κ2) is 14.0. The summed E-state index contributed by atoms with van der Waals surface area (Å²) >= 11 is 0. The van der Waals surface area contributed by atoms with E-state index < -0.39 is 11.7 Å². The van der Waals surface area contributed by atoms with Gasteiger partial charge in [0.25, 0.3) is 0 Å². The third-order valence-corrected chi connectivity index (χ3v) is 8.39. The van der Waals surface area contributed by atoms with Gasteiger partial charge in [0.2, 0.25) is 0 Å². The molecule has 0 heterocycles. The normalized spacial score (nSPS) is 12.3. The van der Waals surface area contributed by atoms with Crippen molar-refractivity contribution < 1.29 is 24.1 Å². The highest BCUT2D eigenvalue weighted by atomic mass is 16.5. The molecule has 45 heavy (non-hydrogen) atoms. The molecule has 228 valence electrons. The minimum atomic E-state index is -0.983. The molecule has 1 atom stereocenters. The highest BCUT2D eigenvalue weighted by molar-refractivity contribution is 6.02. The van der Waals surface area contributed by atoms with Crippen LogP contribution in [-0.2, 0) is 21.7 Å². The molecule has 0 saturated heterocycles. The fourth-order valence-corrected chi connectivity index (χ4v) is 6.04. The largest absolute Gasteiger partial charge is 0.497 e. The molecule has 0 aliphatic heterocycles. The zero-order valence-electron chi connectivity index (χ0n) is 25.7. The second-order valence-corrected chi connectivity index (χ2v) is 11.1. The predicted molar refractivity (Wildman–Crippen MR) is 180 cm³/mol. The minimum Gasteiger partial charge on any atom is -0.497 e. The summed E-state index contributed by atoms with van der Waals surface area (Å²) in [4.78, 5) is 0. The molecule has 0 spiro atoms. The van der Waals surface area contributed by atoms with Gasteiger partial charge in [0.1, 0.15) is 17.1 Å². The monoisotopic (exact) mass is 598 g/mol. The molecule has 0 amide bonds. The Morgan fingerprint density at radius 1 is 0.600 bits per heavy atom. The van der Waals surface area contributed by atoms with Crippen molar-refractivity contribution in [2.45, 2.75) is 24.7 Å². The van der Waals surface area contributed by atoms with Gasteiger partial charge in [-0.1, -0.05) is 103 Å². The lowest BCUT2D eigenvalue weighted by molar-refractivity contribution is -0.0474. The third-order valence-electron chi connectivity index (χ3n) is 8.39. The first-order valence-electron chi connectivity index (χ1n) is 15.3. The Bertz CT molecular complexity index is 1730. The molecular formula is C40H38O5. The molecule has 0 saturated carbocycles. The molecule has 0 bridgehead atoms. The van der Waals surface area contributed by atoms with Crippen LogP contribution in [0.2, 0.25) is 0 Å². The van der Waals surface area contributed by atoms with Gasteiger partial charge in [0.05, 0.1) is 33.5 Å². The summed E-state index contributed by atoms with van der Waals surface area (Å²) in [6, 6.07) is 44.9. The lowest BCUT2D eigenvalue weighted by atomic mass is 9.80. The van der Waals surface area contributed by atoms with E-state index in [2.05, 4.69) is 66.7 Å². The van der Waals surface area contributed by atoms with E-state index in [1.165, 1.54) is 21.5 Å². The van der Waals surface area contributed by atoms with E-state index in [1.807, 2.05) is 66.7 Å². The van der Waals surface area contributed by atoms with Crippen molar-refractivity contribution >= 4 is 21.5 Å². The molecule has 5 nitrogen and oxygen atoms in total. The quantitative estimate of drug-likeness (QED) is 0.0824. The Kier molecular flexibility index (Phi) is 9.41. The van der Waals surface area contributed by atoms with Crippen LogP contribution in [0.25, 0.3) is 21.5 Å². The summed E-state index contributed by atoms with van der Waals surface area (Å²) < 4.78 is 23.9. The Balaban J connectivity index is 1.22. The number of aliphatic hydroxyl groups is 1. The third kappa shape index (κ3) is 6.43. The summed E-state index contributed by atoms with van der Waals surface area (Å²) in [5.41, 5.74) is 2.98. The van der Waals surface area contributed by atoms with E-state index in [0.29, 0.717) is 19.6 Å². The molecule has 0 aliphatic rings. The van der Waals surface area contributed by atoms with Crippen molar-refractivity contribution in [3.8, 4) is 11.5 Å². The molecular weight excluding hydrogens is 560 g/mol. The van der Waals surface area contributed by atoms with Gasteiger partial charge in [-0.3, -0.25) is 0 Å². The van der Waals surface area contributed by atoms with E-state index in [0.717, 1.165) is 33.8 Å². The van der Waals surface area contributed by atoms with E-state index in [9.17, 15) is 5.11 Å². The molecule has 0 aromatic heterocycles. The zero-order valence-corrected chi connectivity index (χ0v) is 25.7. The van der Waals surface area contributed by atoms with Gasteiger partial charge in [-0.25, -0.2) is 0 Å². The first-order chi connectivity index (χ1) is 22.1. The predicted octanol–water partition coefficient (Wildman–Crippen LogP) is 8.29. The van der Waals surface area contributed by atoms with Crippen LogP contribution in [0.1, 0.15) is 28.7 Å². The van der Waals surface area contributed by atoms with Gasteiger partial charge in [0, 0.05) is 6.61 Å². The van der Waals surface area contributed by atoms with E-state index in [-0.39, 0.29) is 6.61 Å². The molecule has 0 fully saturated rings. The number of hydrogen-bond donors (Lipinski definition) is 1. The summed E-state index contributed by atoms with van der Waals surface area (Å²) in [5.74, 6) is 1.51. The maximum Gasteiger partial charge on any atom is 0.143 e. The van der Waals surface area contributed by atoms with Crippen LogP contribution in [0, 0.1) is 0 Å². The molecule has 6 aromatic carbocycles. The molecule has 0 radical (unpaired) electrons. The van der Waals surface area contributed by atoms with Gasteiger partial charge in [-0.2, -0.15) is 0 Å². The first kappa shape index (κ1) is 30.4. The fraction of sp³-hybridized carbons (Fsp3) is 0.200. The van der Waals surface area contributed by atoms with Crippen LogP contribution in [-0.4, -0.2) is 38.6 Å². The maximum atomic E-state index is 11.2. The number of methoxy groups -OCH3 is 2. The summed E-state index contributed by atoms with van der Waals surface area (Å²) in [6.45, 7) is 0.958. The van der Waals surface area contributed by atoms with Crippen LogP contribution >= 0.6 is 0 Å². The average Bonchev–Trinajstić information content (AvgIpc) is 3.11. The highest BCUT2D eigenvalue weighted by Gasteiger charge is 2.38. The zero-order chi connectivity index (χ0) is 31.1. The lowest BCUT2D eigenvalue weighted by Gasteiger charge is -2.36. The van der Waals surface area contributed by atoms with Gasteiger partial charge in [-0.05, 0) is 80.6 Å². The lowest BCUT2D eigenvalue weighted by Crippen LogP contribution is -2.36. The van der Waals surface area contributed by atoms with Crippen molar-refractivity contribution in [1.29, 1.82) is 0 Å². The average molecular weight is 599 g/mol. The standard InChI is InChI=1S/C40H38O5/c1-42-35-20-16-32(17-21-35)40(31-12-4-3-5-13-31,33-18-22-36(43-2)23-19-33)45-27-34(41)24-25-44-28-39-37-14-8-6-10-29(37)26-30-11-7-9-15-38(30)39/h3-23,26,34,41H,24-25,27-28H2,1-2H3. The number of aliphatic hydroxyl groups excluding tert-OH is 1. The summed E-state index contributed by atoms with van der Waals surface area (Å²) in [5, 5.41) is 16.0. The Labute approximate surface area is 264 Å². The van der Waals surface area contributed by atoms with Crippen LogP contribution in [0.15, 0.2) is 133 Å². The molecule has 6 rings (SSSR count). The van der Waals surface area contributed by atoms with Gasteiger partial charge in [0.15, 0.2) is 0 Å². The van der Waals surface area contributed by atoms with Crippen LogP contribution in [0.4, 0.5) is 0 Å². The number of rotatable bonds is 13. The van der Waals surface area contributed by atoms with Crippen molar-refractivity contribution in [3.63, 3.8) is 0 Å². The molecule has 1 N–H and O–H groups in total.